The molecule has 1 unspecified atom stereocenters. The Morgan fingerprint density at radius 2 is 2.10 bits per heavy atom. The Balaban J connectivity index is 1.44. The average molecular weight is 599 g/mol. The molecule has 6 rings (SSSR count). The van der Waals surface area contributed by atoms with Crippen LogP contribution in [0.5, 0.6) is 5.75 Å². The van der Waals surface area contributed by atoms with Crippen molar-refractivity contribution in [1.29, 1.82) is 0 Å². The Labute approximate surface area is 247 Å². The van der Waals surface area contributed by atoms with Crippen molar-refractivity contribution >= 4 is 33.2 Å². The number of carbonyl (C=O) groups is 1. The summed E-state index contributed by atoms with van der Waals surface area (Å²) in [6.07, 6.45) is 10.1. The second-order valence-corrected chi connectivity index (χ2v) is 14.7. The van der Waals surface area contributed by atoms with Crippen LogP contribution in [0.15, 0.2) is 46.8 Å². The summed E-state index contributed by atoms with van der Waals surface area (Å²) in [5.41, 5.74) is 2.44. The quantitative estimate of drug-likeness (QED) is 0.445. The van der Waals surface area contributed by atoms with Crippen LogP contribution in [0, 0.1) is 17.8 Å². The predicted molar refractivity (Wildman–Crippen MR) is 162 cm³/mol. The number of anilines is 1. The van der Waals surface area contributed by atoms with Gasteiger partial charge in [-0.15, -0.1) is 4.36 Å². The highest BCUT2D eigenvalue weighted by Crippen LogP contribution is 2.46. The Kier molecular flexibility index (Phi) is 7.91. The van der Waals surface area contributed by atoms with E-state index in [1.807, 2.05) is 13.0 Å². The van der Waals surface area contributed by atoms with Crippen molar-refractivity contribution < 1.29 is 18.5 Å². The molecule has 41 heavy (non-hydrogen) atoms. The molecule has 2 aliphatic carbocycles. The molecule has 1 amide bonds. The van der Waals surface area contributed by atoms with E-state index < -0.39 is 15.8 Å². The molecule has 220 valence electrons. The van der Waals surface area contributed by atoms with Crippen molar-refractivity contribution in [3.05, 3.63) is 64.3 Å². The van der Waals surface area contributed by atoms with Gasteiger partial charge in [-0.05, 0) is 91.7 Å². The summed E-state index contributed by atoms with van der Waals surface area (Å²) in [5.74, 6) is 1.51. The number of amides is 1. The maximum absolute atomic E-state index is 13.2. The van der Waals surface area contributed by atoms with Crippen LogP contribution in [0.1, 0.15) is 60.6 Å². The molecule has 1 aromatic heterocycles. The van der Waals surface area contributed by atoms with Crippen LogP contribution in [-0.4, -0.2) is 53.8 Å². The minimum Gasteiger partial charge on any atom is -0.489 e. The maximum Gasteiger partial charge on any atom is 0.304 e. The molecule has 0 radical (unpaired) electrons. The lowest BCUT2D eigenvalue weighted by Crippen LogP contribution is -2.49. The molecule has 1 saturated carbocycles. The van der Waals surface area contributed by atoms with Crippen molar-refractivity contribution in [3.8, 4) is 5.75 Å². The lowest BCUT2D eigenvalue weighted by molar-refractivity contribution is 0.0131. The number of carbonyl (C=O) groups excluding carboxylic acids is 1. The number of aromatic nitrogens is 1. The third-order valence-corrected chi connectivity index (χ3v) is 11.1. The number of benzene rings is 1. The number of fused-ring (bicyclic) bond motifs is 4. The number of rotatable bonds is 1. The number of hydrogen-bond acceptors (Lipinski definition) is 6. The highest BCUT2D eigenvalue weighted by molar-refractivity contribution is 7.91. The fraction of sp³-hybridized carbons (Fsp3) is 0.548. The summed E-state index contributed by atoms with van der Waals surface area (Å²) in [4.78, 5) is 20.3. The molecule has 8 nitrogen and oxygen atoms in total. The van der Waals surface area contributed by atoms with Crippen molar-refractivity contribution in [1.82, 2.24) is 4.98 Å². The monoisotopic (exact) mass is 598 g/mol. The highest BCUT2D eigenvalue weighted by atomic mass is 35.5. The van der Waals surface area contributed by atoms with Gasteiger partial charge in [0.25, 0.3) is 0 Å². The molecule has 6 atom stereocenters. The van der Waals surface area contributed by atoms with E-state index in [1.54, 1.807) is 19.2 Å². The minimum absolute atomic E-state index is 0.00348. The summed E-state index contributed by atoms with van der Waals surface area (Å²) in [6.45, 7) is 3.96. The number of allylic oxidation sites excluding steroid dienone is 1. The zero-order valence-corrected chi connectivity index (χ0v) is 25.3. The van der Waals surface area contributed by atoms with Crippen LogP contribution in [0.25, 0.3) is 0 Å². The number of nitrogens with two attached hydrogens (primary N) is 1. The van der Waals surface area contributed by atoms with E-state index in [0.29, 0.717) is 43.0 Å². The van der Waals surface area contributed by atoms with E-state index >= 15 is 0 Å². The number of aryl methyl sites for hydroxylation is 1. The molecule has 1 spiro atoms. The third-order valence-electron chi connectivity index (χ3n) is 9.35. The van der Waals surface area contributed by atoms with Gasteiger partial charge in [-0.2, -0.15) is 0 Å². The van der Waals surface area contributed by atoms with Crippen molar-refractivity contribution in [2.45, 2.75) is 57.0 Å². The van der Waals surface area contributed by atoms with E-state index in [4.69, 9.17) is 31.2 Å². The summed E-state index contributed by atoms with van der Waals surface area (Å²) >= 11 is 6.39. The summed E-state index contributed by atoms with van der Waals surface area (Å²) in [6, 6.07) is 9.62. The van der Waals surface area contributed by atoms with Crippen LogP contribution in [-0.2, 0) is 26.5 Å². The second-order valence-electron chi connectivity index (χ2n) is 12.3. The normalized spacial score (nSPS) is 34.3. The standard InChI is InChI=1S/C31H39ClN4O4S/c1-20-5-3-7-27(39-2)24-10-8-22(24)16-36-18-31(14-4-6-21-15-23(32)9-11-25(21)31)19-40-28-13-12-26(34-29(28)36)30(37)35-41(33,38)17-20/h3,7,9,11-13,15,20,22,24,27H,4-6,8,10,14,16-19H2,1-2H3,(H2,33,35,37,38)/b7-3+/t20-,22-,24+,27-,31-,41?/m0/s1. The van der Waals surface area contributed by atoms with Gasteiger partial charge in [0.2, 0.25) is 0 Å². The topological polar surface area (TPSA) is 107 Å². The largest absolute Gasteiger partial charge is 0.489 e. The Morgan fingerprint density at radius 3 is 2.88 bits per heavy atom. The van der Waals surface area contributed by atoms with E-state index in [-0.39, 0.29) is 28.9 Å². The van der Waals surface area contributed by atoms with Crippen LogP contribution in [0.3, 0.4) is 0 Å². The summed E-state index contributed by atoms with van der Waals surface area (Å²) in [7, 11) is -1.45. The molecule has 2 N–H and O–H groups in total. The first-order valence-electron chi connectivity index (χ1n) is 14.6. The first kappa shape index (κ1) is 28.6. The number of nitrogens with zero attached hydrogens (tertiary/aromatic N) is 3. The SMILES string of the molecule is CO[C@H]1/C=C/C[C@H](C)CS(N)(=O)=NC(=O)c2ccc3c(n2)N(C[C@@H]2CC[C@H]21)C[C@@]1(CCCc2cc(Cl)ccc21)CO3. The minimum atomic E-state index is -3.22. The molecular weight excluding hydrogens is 560 g/mol. The Morgan fingerprint density at radius 1 is 1.24 bits per heavy atom. The molecule has 3 heterocycles. The molecule has 2 bridgehead atoms. The number of hydrogen-bond donors (Lipinski definition) is 1. The number of halogens is 1. The van der Waals surface area contributed by atoms with E-state index in [1.165, 1.54) is 11.1 Å². The van der Waals surface area contributed by atoms with Gasteiger partial charge in [-0.1, -0.05) is 36.7 Å². The van der Waals surface area contributed by atoms with Gasteiger partial charge in [0.15, 0.2) is 11.6 Å². The third kappa shape index (κ3) is 5.78. The Bertz CT molecular complexity index is 1490. The average Bonchev–Trinajstić information content (AvgIpc) is 3.06. The molecule has 10 heteroatoms. The van der Waals surface area contributed by atoms with Crippen LogP contribution in [0.2, 0.25) is 5.02 Å². The molecule has 0 saturated heterocycles. The van der Waals surface area contributed by atoms with Crippen molar-refractivity contribution in [3.63, 3.8) is 0 Å². The highest BCUT2D eigenvalue weighted by Gasteiger charge is 2.44. The molecular formula is C31H39ClN4O4S. The lowest BCUT2D eigenvalue weighted by Gasteiger charge is -2.45. The van der Waals surface area contributed by atoms with E-state index in [9.17, 15) is 9.00 Å². The van der Waals surface area contributed by atoms with E-state index in [2.05, 4.69) is 33.5 Å². The van der Waals surface area contributed by atoms with Crippen molar-refractivity contribution in [2.24, 2.45) is 27.3 Å². The second kappa shape index (κ2) is 11.3. The fourth-order valence-corrected chi connectivity index (χ4v) is 8.77. The van der Waals surface area contributed by atoms with Gasteiger partial charge in [0, 0.05) is 36.4 Å². The zero-order chi connectivity index (χ0) is 28.8. The van der Waals surface area contributed by atoms with E-state index in [0.717, 1.165) is 43.7 Å². The summed E-state index contributed by atoms with van der Waals surface area (Å²) in [5, 5.41) is 6.81. The predicted octanol–water partition coefficient (Wildman–Crippen LogP) is 5.33. The van der Waals surface area contributed by atoms with Crippen LogP contribution in [0.4, 0.5) is 5.82 Å². The molecule has 1 aromatic carbocycles. The first-order chi connectivity index (χ1) is 19.7. The molecule has 1 fully saturated rings. The smallest absolute Gasteiger partial charge is 0.304 e. The van der Waals surface area contributed by atoms with Crippen molar-refractivity contribution in [2.75, 3.05) is 37.5 Å². The van der Waals surface area contributed by atoms with Gasteiger partial charge in [0.1, 0.15) is 15.6 Å². The number of methoxy groups -OCH3 is 1. The number of ether oxygens (including phenoxy) is 2. The first-order valence-corrected chi connectivity index (χ1v) is 16.7. The van der Waals surface area contributed by atoms with Gasteiger partial charge < -0.3 is 14.4 Å². The van der Waals surface area contributed by atoms with Gasteiger partial charge >= 0.3 is 5.91 Å². The van der Waals surface area contributed by atoms with Crippen LogP contribution < -0.4 is 14.8 Å². The zero-order valence-electron chi connectivity index (χ0n) is 23.8. The van der Waals surface area contributed by atoms with Gasteiger partial charge in [0.05, 0.1) is 12.7 Å². The molecule has 2 aromatic rings. The Hall–Kier alpha value is -2.46. The summed E-state index contributed by atoms with van der Waals surface area (Å²) < 4.78 is 29.6. The molecule has 2 aliphatic heterocycles. The fourth-order valence-electron chi connectivity index (χ4n) is 7.18. The maximum atomic E-state index is 13.2. The molecule has 4 aliphatic rings. The lowest BCUT2D eigenvalue weighted by atomic mass is 9.68. The van der Waals surface area contributed by atoms with Crippen LogP contribution >= 0.6 is 11.6 Å². The van der Waals surface area contributed by atoms with Gasteiger partial charge in [-0.3, -0.25) is 4.79 Å². The van der Waals surface area contributed by atoms with Gasteiger partial charge in [-0.25, -0.2) is 14.3 Å². The number of pyridine rings is 1.